The molecule has 0 fully saturated rings. The minimum absolute atomic E-state index is 0.0797. The largest absolute Gasteiger partial charge is 0.490 e. The van der Waals surface area contributed by atoms with Crippen LogP contribution in [0.2, 0.25) is 0 Å². The van der Waals surface area contributed by atoms with Gasteiger partial charge in [0.2, 0.25) is 0 Å². The summed E-state index contributed by atoms with van der Waals surface area (Å²) in [6.45, 7) is 17.4. The summed E-state index contributed by atoms with van der Waals surface area (Å²) in [5, 5.41) is 19.1. The quantitative estimate of drug-likeness (QED) is 0.120. The van der Waals surface area contributed by atoms with Crippen LogP contribution in [0.5, 0.6) is 23.0 Å². The van der Waals surface area contributed by atoms with Crippen LogP contribution in [0.4, 0.5) is 0 Å². The average molecular weight is 613 g/mol. The Morgan fingerprint density at radius 1 is 0.733 bits per heavy atom. The van der Waals surface area contributed by atoms with Gasteiger partial charge in [0, 0.05) is 10.8 Å². The zero-order valence-corrected chi connectivity index (χ0v) is 27.8. The van der Waals surface area contributed by atoms with Gasteiger partial charge in [0.1, 0.15) is 24.8 Å². The summed E-state index contributed by atoms with van der Waals surface area (Å²) < 4.78 is 23.6. The highest BCUT2D eigenvalue weighted by atomic mass is 16.5. The minimum atomic E-state index is -0.667. The number of rotatable bonds is 14. The van der Waals surface area contributed by atoms with Crippen molar-refractivity contribution in [1.82, 2.24) is 0 Å². The van der Waals surface area contributed by atoms with Crippen molar-refractivity contribution >= 4 is 23.7 Å². The van der Waals surface area contributed by atoms with Gasteiger partial charge in [-0.15, -0.1) is 0 Å². The average Bonchev–Trinajstić information content (AvgIpc) is 2.97. The van der Waals surface area contributed by atoms with Crippen molar-refractivity contribution in [2.75, 3.05) is 19.8 Å². The van der Waals surface area contributed by atoms with Crippen LogP contribution in [0, 0.1) is 33.5 Å². The molecule has 0 saturated heterocycles. The van der Waals surface area contributed by atoms with E-state index in [2.05, 4.69) is 0 Å². The molecule has 0 aliphatic heterocycles. The van der Waals surface area contributed by atoms with Gasteiger partial charge in [0.25, 0.3) is 0 Å². The smallest absolute Gasteiger partial charge is 0.178 e. The number of nitriles is 2. The maximum Gasteiger partial charge on any atom is 0.178 e. The molecule has 0 aliphatic rings. The van der Waals surface area contributed by atoms with E-state index < -0.39 is 10.8 Å². The van der Waals surface area contributed by atoms with E-state index >= 15 is 0 Å². The van der Waals surface area contributed by atoms with E-state index in [-0.39, 0.29) is 35.4 Å². The lowest BCUT2D eigenvalue weighted by Crippen LogP contribution is -2.21. The van der Waals surface area contributed by atoms with E-state index in [1.54, 1.807) is 90.1 Å². The number of benzene rings is 2. The van der Waals surface area contributed by atoms with Gasteiger partial charge in [-0.1, -0.05) is 53.7 Å². The second-order valence-corrected chi connectivity index (χ2v) is 12.3. The van der Waals surface area contributed by atoms with E-state index in [1.807, 2.05) is 45.1 Å². The molecule has 1 unspecified atom stereocenters. The van der Waals surface area contributed by atoms with Crippen molar-refractivity contribution in [2.24, 2.45) is 10.8 Å². The Balaban J connectivity index is 2.15. The highest BCUT2D eigenvalue weighted by Gasteiger charge is 2.26. The standard InChI is InChI=1S/C37H44N2O6/c1-10-42-32-21-26(19-28(23-38)34(40)36(4,5)6)14-16-30(32)44-18-12-13-25(3)45-31-17-15-27(22-33(31)43-11-2)20-29(24-39)35(41)37(7,8)9/h12-17,19-22,25H,10-11,18H2,1-9H3. The Bertz CT molecular complexity index is 1540. The Morgan fingerprint density at radius 2 is 1.18 bits per heavy atom. The van der Waals surface area contributed by atoms with E-state index in [1.165, 1.54) is 0 Å². The zero-order chi connectivity index (χ0) is 33.8. The third kappa shape index (κ3) is 11.0. The number of carbonyl (C=O) groups excluding carboxylic acids is 2. The lowest BCUT2D eigenvalue weighted by atomic mass is 9.86. The number of allylic oxidation sites excluding steroid dienone is 2. The highest BCUT2D eigenvalue weighted by Crippen LogP contribution is 2.32. The molecule has 45 heavy (non-hydrogen) atoms. The van der Waals surface area contributed by atoms with Crippen LogP contribution < -0.4 is 18.9 Å². The molecule has 0 saturated carbocycles. The Labute approximate surface area is 267 Å². The summed E-state index contributed by atoms with van der Waals surface area (Å²) >= 11 is 0. The Kier molecular flexibility index (Phi) is 13.2. The lowest BCUT2D eigenvalue weighted by Gasteiger charge is -2.17. The molecule has 8 heteroatoms. The van der Waals surface area contributed by atoms with Gasteiger partial charge >= 0.3 is 0 Å². The van der Waals surface area contributed by atoms with Crippen LogP contribution >= 0.6 is 0 Å². The van der Waals surface area contributed by atoms with Crippen molar-refractivity contribution in [3.05, 3.63) is 70.8 Å². The third-order valence-corrected chi connectivity index (χ3v) is 6.30. The highest BCUT2D eigenvalue weighted by molar-refractivity contribution is 6.06. The normalized spacial score (nSPS) is 13.0. The predicted octanol–water partition coefficient (Wildman–Crippen LogP) is 7.93. The first-order valence-electron chi connectivity index (χ1n) is 15.0. The lowest BCUT2D eigenvalue weighted by molar-refractivity contribution is -0.122. The van der Waals surface area contributed by atoms with Gasteiger partial charge in [0.05, 0.1) is 24.4 Å². The van der Waals surface area contributed by atoms with Gasteiger partial charge in [-0.25, -0.2) is 0 Å². The Hall–Kier alpha value is -4.82. The molecular formula is C37H44N2O6. The number of carbonyl (C=O) groups is 2. The summed E-state index contributed by atoms with van der Waals surface area (Å²) in [7, 11) is 0. The monoisotopic (exact) mass is 612 g/mol. The number of hydrogen-bond donors (Lipinski definition) is 0. The first-order valence-corrected chi connectivity index (χ1v) is 15.0. The maximum atomic E-state index is 12.6. The Morgan fingerprint density at radius 3 is 1.60 bits per heavy atom. The van der Waals surface area contributed by atoms with E-state index in [4.69, 9.17) is 18.9 Å². The van der Waals surface area contributed by atoms with Gasteiger partial charge in [0.15, 0.2) is 34.6 Å². The molecule has 2 aromatic carbocycles. The fourth-order valence-corrected chi connectivity index (χ4v) is 4.05. The molecule has 0 heterocycles. The molecule has 2 rings (SSSR count). The first kappa shape index (κ1) is 36.4. The summed E-state index contributed by atoms with van der Waals surface area (Å²) in [6, 6.07) is 14.6. The SMILES string of the molecule is CCOc1cc(C=C(C#N)C(=O)C(C)(C)C)ccc1OCC=CC(C)Oc1ccc(C=C(C#N)C(=O)C(C)(C)C)cc1OCC. The number of nitrogens with zero attached hydrogens (tertiary/aromatic N) is 2. The number of hydrogen-bond acceptors (Lipinski definition) is 8. The molecule has 0 aromatic heterocycles. The molecule has 0 radical (unpaired) electrons. The first-order chi connectivity index (χ1) is 21.1. The summed E-state index contributed by atoms with van der Waals surface area (Å²) in [6.07, 6.45) is 6.49. The molecule has 0 bridgehead atoms. The fourth-order valence-electron chi connectivity index (χ4n) is 4.05. The molecule has 0 N–H and O–H groups in total. The summed E-state index contributed by atoms with van der Waals surface area (Å²) in [5.74, 6) is 1.59. The molecule has 1 atom stereocenters. The van der Waals surface area contributed by atoms with Crippen molar-refractivity contribution in [2.45, 2.75) is 68.4 Å². The predicted molar refractivity (Wildman–Crippen MR) is 176 cm³/mol. The zero-order valence-electron chi connectivity index (χ0n) is 27.8. The van der Waals surface area contributed by atoms with Crippen molar-refractivity contribution in [3.8, 4) is 35.1 Å². The second-order valence-electron chi connectivity index (χ2n) is 12.3. The van der Waals surface area contributed by atoms with Crippen LogP contribution in [0.3, 0.4) is 0 Å². The van der Waals surface area contributed by atoms with Crippen LogP contribution in [0.25, 0.3) is 12.2 Å². The minimum Gasteiger partial charge on any atom is -0.490 e. The third-order valence-electron chi connectivity index (χ3n) is 6.30. The maximum absolute atomic E-state index is 12.6. The van der Waals surface area contributed by atoms with E-state index in [0.717, 1.165) is 0 Å². The molecule has 238 valence electrons. The van der Waals surface area contributed by atoms with Gasteiger partial charge in [-0.2, -0.15) is 10.5 Å². The molecule has 2 aromatic rings. The van der Waals surface area contributed by atoms with Crippen LogP contribution in [0.1, 0.15) is 73.4 Å². The van der Waals surface area contributed by atoms with E-state index in [9.17, 15) is 20.1 Å². The molecule has 8 nitrogen and oxygen atoms in total. The van der Waals surface area contributed by atoms with Crippen LogP contribution in [-0.4, -0.2) is 37.5 Å². The van der Waals surface area contributed by atoms with Crippen LogP contribution in [0.15, 0.2) is 59.7 Å². The van der Waals surface area contributed by atoms with Crippen LogP contribution in [-0.2, 0) is 9.59 Å². The topological polar surface area (TPSA) is 119 Å². The summed E-state index contributed by atoms with van der Waals surface area (Å²) in [5.41, 5.74) is 0.149. The molecule has 0 aliphatic carbocycles. The molecule has 0 amide bonds. The van der Waals surface area contributed by atoms with Gasteiger partial charge in [-0.05, 0) is 80.5 Å². The molecular weight excluding hydrogens is 568 g/mol. The second kappa shape index (κ2) is 16.3. The molecule has 0 spiro atoms. The van der Waals surface area contributed by atoms with Crippen molar-refractivity contribution in [1.29, 1.82) is 10.5 Å². The van der Waals surface area contributed by atoms with Crippen molar-refractivity contribution in [3.63, 3.8) is 0 Å². The number of ketones is 2. The number of Topliss-reactive ketones (excluding diaryl/α,β-unsaturated/α-hetero) is 2. The van der Waals surface area contributed by atoms with E-state index in [0.29, 0.717) is 47.3 Å². The van der Waals surface area contributed by atoms with Crippen molar-refractivity contribution < 1.29 is 28.5 Å². The van der Waals surface area contributed by atoms with Gasteiger partial charge < -0.3 is 18.9 Å². The summed E-state index contributed by atoms with van der Waals surface area (Å²) in [4.78, 5) is 25.2. The van der Waals surface area contributed by atoms with Gasteiger partial charge in [-0.3, -0.25) is 9.59 Å². The number of ether oxygens (including phenoxy) is 4. The fraction of sp³-hybridized carbons (Fsp3) is 0.405.